The van der Waals surface area contributed by atoms with Gasteiger partial charge < -0.3 is 6.92 Å². The Kier molecular flexibility index (Phi) is 4.81. The summed E-state index contributed by atoms with van der Waals surface area (Å²) in [5.41, 5.74) is 2.79. The van der Waals surface area contributed by atoms with Crippen molar-refractivity contribution in [3.05, 3.63) is 42.3 Å². The third kappa shape index (κ3) is 3.58. The molecule has 0 aliphatic heterocycles. The van der Waals surface area contributed by atoms with E-state index in [4.69, 9.17) is 0 Å². The Hall–Kier alpha value is -0.196. The van der Waals surface area contributed by atoms with E-state index in [0.717, 1.165) is 6.42 Å². The van der Waals surface area contributed by atoms with E-state index in [1.807, 2.05) is 6.07 Å². The fourth-order valence-corrected chi connectivity index (χ4v) is 1.13. The Morgan fingerprint density at radius 1 is 1.38 bits per heavy atom. The van der Waals surface area contributed by atoms with Gasteiger partial charge >= 0.3 is 18.6 Å². The number of benzene rings is 1. The number of hydrogen-bond acceptors (Lipinski definition) is 0. The summed E-state index contributed by atoms with van der Waals surface area (Å²) in [6.45, 7) is 10.5. The first-order valence-corrected chi connectivity index (χ1v) is 4.34. The maximum absolute atomic E-state index is 3.85. The predicted molar refractivity (Wildman–Crippen MR) is 53.0 cm³/mol. The van der Waals surface area contributed by atoms with Gasteiger partial charge in [-0.1, -0.05) is 20.8 Å². The average Bonchev–Trinajstić information content (AvgIpc) is 2.03. The topological polar surface area (TPSA) is 0 Å². The third-order valence-electron chi connectivity index (χ3n) is 2.00. The molecule has 0 atom stereocenters. The van der Waals surface area contributed by atoms with E-state index in [1.54, 1.807) is 0 Å². The second-order valence-corrected chi connectivity index (χ2v) is 4.10. The van der Waals surface area contributed by atoms with E-state index in [0.29, 0.717) is 0 Å². The fraction of sp³-hybridized carbons (Fsp3) is 0.417. The van der Waals surface area contributed by atoms with Gasteiger partial charge in [-0.2, -0.15) is 41.8 Å². The van der Waals surface area contributed by atoms with Gasteiger partial charge in [0, 0.05) is 0 Å². The van der Waals surface area contributed by atoms with Crippen LogP contribution in [0.3, 0.4) is 0 Å². The van der Waals surface area contributed by atoms with Crippen molar-refractivity contribution in [2.75, 3.05) is 0 Å². The second kappa shape index (κ2) is 4.88. The Bertz CT molecular complexity index is 258. The van der Waals surface area contributed by atoms with Crippen LogP contribution in [0.5, 0.6) is 0 Å². The average molecular weight is 211 g/mol. The summed E-state index contributed by atoms with van der Waals surface area (Å²) >= 11 is 0. The minimum atomic E-state index is 0. The van der Waals surface area contributed by atoms with E-state index in [1.165, 1.54) is 11.1 Å². The van der Waals surface area contributed by atoms with E-state index < -0.39 is 0 Å². The minimum absolute atomic E-state index is 0. The van der Waals surface area contributed by atoms with E-state index in [9.17, 15) is 0 Å². The summed E-state index contributed by atoms with van der Waals surface area (Å²) in [4.78, 5) is 0. The monoisotopic (exact) mass is 211 g/mol. The molecule has 0 saturated heterocycles. The molecule has 0 aliphatic carbocycles. The first-order valence-electron chi connectivity index (χ1n) is 4.34. The smallest absolute Gasteiger partial charge is 0.341 e. The molecule has 1 rings (SSSR count). The summed E-state index contributed by atoms with van der Waals surface area (Å²) in [5.74, 6) is 0. The molecule has 0 aliphatic rings. The first kappa shape index (κ1) is 12.8. The number of rotatable bonds is 1. The first-order chi connectivity index (χ1) is 5.54. The van der Waals surface area contributed by atoms with E-state index >= 15 is 0 Å². The zero-order valence-corrected chi connectivity index (χ0v) is 9.99. The molecule has 1 radical (unpaired) electrons. The molecule has 0 saturated carbocycles. The zero-order chi connectivity index (χ0) is 9.19. The van der Waals surface area contributed by atoms with Gasteiger partial charge in [-0.3, -0.25) is 0 Å². The van der Waals surface area contributed by atoms with Crippen molar-refractivity contribution in [2.45, 2.75) is 32.6 Å². The van der Waals surface area contributed by atoms with Crippen LogP contribution >= 0.6 is 0 Å². The van der Waals surface area contributed by atoms with Crippen molar-refractivity contribution in [3.63, 3.8) is 0 Å². The molecule has 0 unspecified atom stereocenters. The van der Waals surface area contributed by atoms with Crippen LogP contribution in [0, 0.1) is 13.0 Å². The molecule has 69 valence electrons. The van der Waals surface area contributed by atoms with Crippen molar-refractivity contribution in [1.29, 1.82) is 0 Å². The summed E-state index contributed by atoms with van der Waals surface area (Å²) in [5, 5.41) is 0. The molecule has 1 heteroatoms. The van der Waals surface area contributed by atoms with Gasteiger partial charge in [0.1, 0.15) is 0 Å². The Labute approximate surface area is 93.6 Å². The Morgan fingerprint density at radius 2 is 2.00 bits per heavy atom. The molecule has 0 N–H and O–H groups in total. The van der Waals surface area contributed by atoms with Crippen LogP contribution in [0.25, 0.3) is 0 Å². The van der Waals surface area contributed by atoms with Gasteiger partial charge in [0.15, 0.2) is 0 Å². The van der Waals surface area contributed by atoms with Gasteiger partial charge in [0.05, 0.1) is 0 Å². The van der Waals surface area contributed by atoms with Crippen LogP contribution in [-0.4, -0.2) is 0 Å². The van der Waals surface area contributed by atoms with Gasteiger partial charge in [-0.15, -0.1) is 0 Å². The third-order valence-corrected chi connectivity index (χ3v) is 2.00. The molecule has 0 amide bonds. The summed E-state index contributed by atoms with van der Waals surface area (Å²) in [6, 6.07) is 9.47. The predicted octanol–water partition coefficient (Wildman–Crippen LogP) is 3.16. The van der Waals surface area contributed by atoms with Gasteiger partial charge in [0.25, 0.3) is 0 Å². The standard InChI is InChI=1S/C12H16.V/c1-5-10-7-6-8-11(9-10)12(2,3)4;/h6,8-9H,1,5H2,2-4H3;/q-2;+2. The second-order valence-electron chi connectivity index (χ2n) is 4.10. The normalized spacial score (nSPS) is 10.8. The van der Waals surface area contributed by atoms with Crippen molar-refractivity contribution in [1.82, 2.24) is 0 Å². The maximum atomic E-state index is 3.85. The van der Waals surface area contributed by atoms with Gasteiger partial charge in [-0.05, 0) is 5.41 Å². The zero-order valence-electron chi connectivity index (χ0n) is 8.59. The van der Waals surface area contributed by atoms with Crippen molar-refractivity contribution < 1.29 is 18.6 Å². The van der Waals surface area contributed by atoms with Crippen LogP contribution in [0.2, 0.25) is 0 Å². The Balaban J connectivity index is 0.00000144. The molecule has 0 bridgehead atoms. The maximum Gasteiger partial charge on any atom is 2.00 e. The molecule has 0 nitrogen and oxygen atoms in total. The summed E-state index contributed by atoms with van der Waals surface area (Å²) in [7, 11) is 0. The van der Waals surface area contributed by atoms with Crippen LogP contribution in [0.1, 0.15) is 31.9 Å². The van der Waals surface area contributed by atoms with E-state index in [-0.39, 0.29) is 24.0 Å². The molecule has 0 fully saturated rings. The molecular formula is C12H16V. The Morgan fingerprint density at radius 3 is 2.46 bits per heavy atom. The largest absolute Gasteiger partial charge is 2.00 e. The fourth-order valence-electron chi connectivity index (χ4n) is 1.13. The SMILES string of the molecule is [CH2-]Cc1[c-]ccc(C(C)(C)C)c1.[V+2]. The van der Waals surface area contributed by atoms with Crippen LogP contribution in [-0.2, 0) is 30.4 Å². The van der Waals surface area contributed by atoms with Gasteiger partial charge in [-0.25, -0.2) is 0 Å². The molecular weight excluding hydrogens is 195 g/mol. The van der Waals surface area contributed by atoms with Crippen LogP contribution in [0.4, 0.5) is 0 Å². The van der Waals surface area contributed by atoms with Crippen molar-refractivity contribution in [3.8, 4) is 0 Å². The van der Waals surface area contributed by atoms with E-state index in [2.05, 4.69) is 45.9 Å². The molecule has 1 aromatic carbocycles. The van der Waals surface area contributed by atoms with Crippen LogP contribution < -0.4 is 0 Å². The molecule has 0 aromatic heterocycles. The van der Waals surface area contributed by atoms with Crippen molar-refractivity contribution >= 4 is 0 Å². The molecule has 0 spiro atoms. The van der Waals surface area contributed by atoms with Gasteiger partial charge in [0.2, 0.25) is 0 Å². The molecule has 13 heavy (non-hydrogen) atoms. The van der Waals surface area contributed by atoms with Crippen molar-refractivity contribution in [2.24, 2.45) is 0 Å². The number of hydrogen-bond donors (Lipinski definition) is 0. The molecule has 0 heterocycles. The summed E-state index contributed by atoms with van der Waals surface area (Å²) < 4.78 is 0. The molecule has 1 aromatic rings. The minimum Gasteiger partial charge on any atom is -0.341 e. The van der Waals surface area contributed by atoms with Crippen LogP contribution in [0.15, 0.2) is 18.2 Å². The summed E-state index contributed by atoms with van der Waals surface area (Å²) in [6.07, 6.45) is 0.823. The quantitative estimate of drug-likeness (QED) is 0.626.